The molecule has 0 spiro atoms. The molecule has 0 saturated carbocycles. The lowest BCUT2D eigenvalue weighted by molar-refractivity contribution is -0.273. The minimum Gasteiger partial charge on any atom is -0.854 e. The van der Waals surface area contributed by atoms with Gasteiger partial charge in [0.2, 0.25) is 5.39 Å². The summed E-state index contributed by atoms with van der Waals surface area (Å²) in [5.41, 5.74) is -2.67. The Morgan fingerprint density at radius 2 is 2.00 bits per heavy atom. The fourth-order valence-corrected chi connectivity index (χ4v) is 0.550. The van der Waals surface area contributed by atoms with E-state index in [2.05, 4.69) is 4.98 Å². The average Bonchev–Trinajstić information content (AvgIpc) is 1.85. The highest BCUT2D eigenvalue weighted by Gasteiger charge is 2.13. The second kappa shape index (κ2) is 2.26. The molecule has 0 aliphatic carbocycles. The van der Waals surface area contributed by atoms with Gasteiger partial charge in [0, 0.05) is 0 Å². The van der Waals surface area contributed by atoms with Gasteiger partial charge in [-0.15, -0.1) is 0 Å². The van der Waals surface area contributed by atoms with Crippen LogP contribution in [0.25, 0.3) is 4.98 Å². The van der Waals surface area contributed by atoms with Crippen molar-refractivity contribution in [2.75, 3.05) is 0 Å². The Morgan fingerprint density at radius 3 is 2.45 bits per heavy atom. The molecule has 56 valence electrons. The Balaban J connectivity index is 3.66. The highest BCUT2D eigenvalue weighted by Crippen LogP contribution is 2.10. The maximum atomic E-state index is 10.6. The summed E-state index contributed by atoms with van der Waals surface area (Å²) in [4.78, 5) is 26.7. The number of rotatable bonds is 0. The Morgan fingerprint density at radius 1 is 1.36 bits per heavy atom. The fraction of sp³-hybridized carbons (Fsp3) is 0. The van der Waals surface area contributed by atoms with Crippen LogP contribution in [0.3, 0.4) is 0 Å². The molecule has 0 unspecified atom stereocenters. The van der Waals surface area contributed by atoms with E-state index in [1.165, 1.54) is 0 Å². The van der Waals surface area contributed by atoms with E-state index in [9.17, 15) is 14.7 Å². The van der Waals surface area contributed by atoms with E-state index in [-0.39, 0.29) is 0 Å². The van der Waals surface area contributed by atoms with Crippen LogP contribution in [-0.4, -0.2) is 9.97 Å². The molecule has 0 atom stereocenters. The normalized spacial score (nSPS) is 9.00. The molecule has 2 N–H and O–H groups in total. The van der Waals surface area contributed by atoms with E-state index < -0.39 is 22.8 Å². The van der Waals surface area contributed by atoms with Crippen molar-refractivity contribution in [2.45, 2.75) is 0 Å². The molecular formula is C4H2N4O3. The topological polar surface area (TPSA) is 117 Å². The minimum atomic E-state index is -1.01. The molecule has 1 rings (SSSR count). The molecule has 7 nitrogen and oxygen atoms in total. The standard InChI is InChI=1S/C4H2N4O3/c5-8-1-2(9)6-4(11)7-3(1)10/h(H2-,6,7,9,10,11). The van der Waals surface area contributed by atoms with E-state index >= 15 is 0 Å². The Bertz CT molecular complexity index is 422. The predicted octanol–water partition coefficient (Wildman–Crippen LogP) is -1.38. The van der Waals surface area contributed by atoms with Crippen molar-refractivity contribution in [2.24, 2.45) is 0 Å². The van der Waals surface area contributed by atoms with E-state index in [1.54, 1.807) is 9.97 Å². The van der Waals surface area contributed by atoms with Crippen molar-refractivity contribution in [1.29, 1.82) is 5.39 Å². The van der Waals surface area contributed by atoms with Crippen LogP contribution in [0.15, 0.2) is 9.59 Å². The SMILES string of the molecule is N#[N+]c1c([O-])[nH]c(=O)[nH]c1=O. The van der Waals surface area contributed by atoms with E-state index in [1.807, 2.05) is 0 Å². The van der Waals surface area contributed by atoms with Gasteiger partial charge in [-0.25, -0.2) is 4.79 Å². The van der Waals surface area contributed by atoms with Crippen molar-refractivity contribution < 1.29 is 5.11 Å². The lowest BCUT2D eigenvalue weighted by atomic mass is 10.5. The maximum Gasteiger partial charge on any atom is 0.457 e. The van der Waals surface area contributed by atoms with Crippen LogP contribution < -0.4 is 16.4 Å². The number of hydrogen-bond acceptors (Lipinski definition) is 4. The smallest absolute Gasteiger partial charge is 0.457 e. The summed E-state index contributed by atoms with van der Waals surface area (Å²) < 4.78 is 0. The van der Waals surface area contributed by atoms with Crippen molar-refractivity contribution in [3.8, 4) is 5.88 Å². The number of H-pyrrole nitrogens is 2. The number of aromatic nitrogens is 2. The van der Waals surface area contributed by atoms with Crippen molar-refractivity contribution in [1.82, 2.24) is 9.97 Å². The number of hydrogen-bond donors (Lipinski definition) is 2. The molecule has 1 aromatic heterocycles. The molecule has 0 aliphatic rings. The van der Waals surface area contributed by atoms with Crippen LogP contribution >= 0.6 is 0 Å². The number of nitrogens with one attached hydrogen (secondary N) is 2. The molecule has 1 heterocycles. The Kier molecular flexibility index (Phi) is 1.44. The van der Waals surface area contributed by atoms with E-state index in [0.29, 0.717) is 0 Å². The zero-order valence-corrected chi connectivity index (χ0v) is 5.12. The van der Waals surface area contributed by atoms with Gasteiger partial charge in [-0.05, 0) is 0 Å². The lowest BCUT2D eigenvalue weighted by Gasteiger charge is -1.95. The molecule has 11 heavy (non-hydrogen) atoms. The molecule has 0 aliphatic heterocycles. The van der Waals surface area contributed by atoms with Crippen LogP contribution in [0.4, 0.5) is 5.69 Å². The molecule has 0 radical (unpaired) electrons. The van der Waals surface area contributed by atoms with Crippen molar-refractivity contribution in [3.63, 3.8) is 0 Å². The quantitative estimate of drug-likeness (QED) is 0.448. The molecule has 0 fully saturated rings. The van der Waals surface area contributed by atoms with Gasteiger partial charge in [-0.1, -0.05) is 0 Å². The van der Waals surface area contributed by atoms with Gasteiger partial charge in [0.25, 0.3) is 0 Å². The monoisotopic (exact) mass is 154 g/mol. The number of nitrogens with zero attached hydrogens (tertiary/aromatic N) is 2. The lowest BCUT2D eigenvalue weighted by Crippen LogP contribution is -2.23. The summed E-state index contributed by atoms with van der Waals surface area (Å²) >= 11 is 0. The summed E-state index contributed by atoms with van der Waals surface area (Å²) in [5.74, 6) is -1.01. The molecule has 7 heteroatoms. The molecule has 1 aromatic rings. The largest absolute Gasteiger partial charge is 0.854 e. The van der Waals surface area contributed by atoms with Gasteiger partial charge in [0.1, 0.15) is 0 Å². The van der Waals surface area contributed by atoms with Gasteiger partial charge < -0.3 is 10.1 Å². The summed E-state index contributed by atoms with van der Waals surface area (Å²) in [6.07, 6.45) is 0. The first-order chi connectivity index (χ1) is 5.15. The molecule has 0 aromatic carbocycles. The van der Waals surface area contributed by atoms with Gasteiger partial charge in [-0.2, -0.15) is 0 Å². The minimum absolute atomic E-state index is 0.732. The zero-order valence-electron chi connectivity index (χ0n) is 5.12. The molecule has 0 amide bonds. The average molecular weight is 154 g/mol. The predicted molar refractivity (Wildman–Crippen MR) is 31.9 cm³/mol. The third-order valence-corrected chi connectivity index (χ3v) is 0.984. The Hall–Kier alpha value is -2.10. The van der Waals surface area contributed by atoms with Gasteiger partial charge >= 0.3 is 16.9 Å². The second-order valence-corrected chi connectivity index (χ2v) is 1.69. The first kappa shape index (κ1) is 7.01. The zero-order chi connectivity index (χ0) is 8.43. The summed E-state index contributed by atoms with van der Waals surface area (Å²) in [6, 6.07) is 0. The van der Waals surface area contributed by atoms with Crippen LogP contribution in [0.2, 0.25) is 0 Å². The molecule has 0 bridgehead atoms. The van der Waals surface area contributed by atoms with E-state index in [0.717, 1.165) is 0 Å². The van der Waals surface area contributed by atoms with Gasteiger partial charge in [0.15, 0.2) is 4.98 Å². The van der Waals surface area contributed by atoms with E-state index in [4.69, 9.17) is 5.39 Å². The van der Waals surface area contributed by atoms with Crippen LogP contribution in [0, 0.1) is 5.39 Å². The first-order valence-corrected chi connectivity index (χ1v) is 2.54. The fourth-order valence-electron chi connectivity index (χ4n) is 0.550. The van der Waals surface area contributed by atoms with Crippen LogP contribution in [0.1, 0.15) is 0 Å². The van der Waals surface area contributed by atoms with Crippen molar-refractivity contribution in [3.05, 3.63) is 25.8 Å². The van der Waals surface area contributed by atoms with Gasteiger partial charge in [0.05, 0.1) is 5.88 Å². The van der Waals surface area contributed by atoms with Crippen molar-refractivity contribution >= 4 is 5.69 Å². The van der Waals surface area contributed by atoms with Crippen LogP contribution in [0.5, 0.6) is 5.88 Å². The number of diazo groups is 1. The summed E-state index contributed by atoms with van der Waals surface area (Å²) in [5, 5.41) is 18.6. The summed E-state index contributed by atoms with van der Waals surface area (Å²) in [7, 11) is 0. The maximum absolute atomic E-state index is 10.6. The highest BCUT2D eigenvalue weighted by molar-refractivity contribution is 5.48. The molecule has 0 saturated heterocycles. The summed E-state index contributed by atoms with van der Waals surface area (Å²) in [6.45, 7) is 0. The second-order valence-electron chi connectivity index (χ2n) is 1.69. The van der Waals surface area contributed by atoms with Crippen LogP contribution in [-0.2, 0) is 0 Å². The third-order valence-electron chi connectivity index (χ3n) is 0.984. The first-order valence-electron chi connectivity index (χ1n) is 2.54. The highest BCUT2D eigenvalue weighted by atomic mass is 16.3. The van der Waals surface area contributed by atoms with Gasteiger partial charge in [-0.3, -0.25) is 9.78 Å². The third kappa shape index (κ3) is 1.09. The number of aromatic amines is 2. The Labute approximate surface area is 58.9 Å². The molecular weight excluding hydrogens is 152 g/mol.